The quantitative estimate of drug-likeness (QED) is 0.824. The van der Waals surface area contributed by atoms with Crippen molar-refractivity contribution in [1.29, 1.82) is 0 Å². The van der Waals surface area contributed by atoms with Crippen molar-refractivity contribution in [3.05, 3.63) is 0 Å². The van der Waals surface area contributed by atoms with Gasteiger partial charge in [-0.15, -0.1) is 0 Å². The van der Waals surface area contributed by atoms with Gasteiger partial charge >= 0.3 is 0 Å². The van der Waals surface area contributed by atoms with Crippen LogP contribution in [0.4, 0.5) is 0 Å². The summed E-state index contributed by atoms with van der Waals surface area (Å²) in [5.41, 5.74) is 6.86. The zero-order valence-electron chi connectivity index (χ0n) is 11.8. The highest BCUT2D eigenvalue weighted by atomic mass is 32.2. The van der Waals surface area contributed by atoms with E-state index in [-0.39, 0.29) is 5.54 Å². The van der Waals surface area contributed by atoms with Gasteiger partial charge in [0.05, 0.1) is 0 Å². The van der Waals surface area contributed by atoms with Crippen LogP contribution in [0, 0.1) is 5.41 Å². The lowest BCUT2D eigenvalue weighted by Gasteiger charge is -2.53. The molecule has 2 fully saturated rings. The first-order valence-corrected chi connectivity index (χ1v) is 7.96. The first kappa shape index (κ1) is 13.7. The maximum Gasteiger partial charge on any atom is 0.0383 e. The molecule has 2 aliphatic rings. The zero-order chi connectivity index (χ0) is 12.7. The van der Waals surface area contributed by atoms with E-state index in [1.807, 2.05) is 0 Å². The van der Waals surface area contributed by atoms with Crippen LogP contribution in [-0.2, 0) is 0 Å². The summed E-state index contributed by atoms with van der Waals surface area (Å²) >= 11 is 2.13. The van der Waals surface area contributed by atoms with Crippen molar-refractivity contribution in [2.45, 2.75) is 63.0 Å². The molecule has 1 aliphatic heterocycles. The van der Waals surface area contributed by atoms with Crippen LogP contribution in [0.3, 0.4) is 0 Å². The Kier molecular flexibility index (Phi) is 3.82. The largest absolute Gasteiger partial charge is 0.329 e. The summed E-state index contributed by atoms with van der Waals surface area (Å²) in [6.45, 7) is 12.8. The molecule has 1 saturated carbocycles. The molecule has 0 aromatic rings. The number of hydrogen-bond donors (Lipinski definition) is 1. The number of nitrogens with two attached hydrogens (primary N) is 1. The van der Waals surface area contributed by atoms with E-state index in [4.69, 9.17) is 5.73 Å². The Morgan fingerprint density at radius 3 is 2.18 bits per heavy atom. The molecule has 3 atom stereocenters. The first-order valence-electron chi connectivity index (χ1n) is 7.02. The monoisotopic (exact) mass is 256 g/mol. The molecule has 3 heteroatoms. The number of nitrogens with zero attached hydrogens (tertiary/aromatic N) is 1. The zero-order valence-corrected chi connectivity index (χ0v) is 12.6. The molecular weight excluding hydrogens is 228 g/mol. The van der Waals surface area contributed by atoms with Gasteiger partial charge in [0.25, 0.3) is 0 Å². The van der Waals surface area contributed by atoms with E-state index in [0.717, 1.165) is 17.0 Å². The van der Waals surface area contributed by atoms with Gasteiger partial charge in [-0.2, -0.15) is 11.8 Å². The lowest BCUT2D eigenvalue weighted by atomic mass is 9.73. The molecule has 0 aromatic heterocycles. The van der Waals surface area contributed by atoms with Gasteiger partial charge in [-0.3, -0.25) is 4.90 Å². The minimum atomic E-state index is 0.260. The van der Waals surface area contributed by atoms with Crippen molar-refractivity contribution in [3.63, 3.8) is 0 Å². The number of thioether (sulfide) groups is 1. The van der Waals surface area contributed by atoms with E-state index in [9.17, 15) is 0 Å². The Morgan fingerprint density at radius 2 is 1.76 bits per heavy atom. The van der Waals surface area contributed by atoms with Crippen molar-refractivity contribution in [2.75, 3.05) is 19.6 Å². The summed E-state index contributed by atoms with van der Waals surface area (Å²) in [5.74, 6) is 0. The Balaban J connectivity index is 2.23. The van der Waals surface area contributed by atoms with Gasteiger partial charge in [0.2, 0.25) is 0 Å². The van der Waals surface area contributed by atoms with E-state index < -0.39 is 0 Å². The molecule has 1 aliphatic carbocycles. The highest BCUT2D eigenvalue weighted by molar-refractivity contribution is 8.00. The normalized spacial score (nSPS) is 42.9. The van der Waals surface area contributed by atoms with E-state index in [2.05, 4.69) is 44.4 Å². The third kappa shape index (κ3) is 2.26. The Labute approximate surface area is 111 Å². The summed E-state index contributed by atoms with van der Waals surface area (Å²) in [6.07, 6.45) is 3.97. The van der Waals surface area contributed by atoms with Crippen LogP contribution in [0.1, 0.15) is 47.0 Å². The molecule has 1 saturated heterocycles. The van der Waals surface area contributed by atoms with Crippen LogP contribution in [0.25, 0.3) is 0 Å². The summed E-state index contributed by atoms with van der Waals surface area (Å²) in [7, 11) is 0. The lowest BCUT2D eigenvalue weighted by molar-refractivity contribution is 0.0116. The van der Waals surface area contributed by atoms with Gasteiger partial charge in [0.15, 0.2) is 0 Å². The molecule has 2 rings (SSSR count). The molecule has 0 amide bonds. The molecule has 2 N–H and O–H groups in total. The summed E-state index contributed by atoms with van der Waals surface area (Å²) in [4.78, 5) is 2.73. The topological polar surface area (TPSA) is 29.3 Å². The molecule has 0 aromatic carbocycles. The summed E-state index contributed by atoms with van der Waals surface area (Å²) in [5, 5.41) is 1.50. The van der Waals surface area contributed by atoms with Gasteiger partial charge < -0.3 is 5.73 Å². The van der Waals surface area contributed by atoms with Crippen LogP contribution < -0.4 is 5.73 Å². The van der Waals surface area contributed by atoms with Crippen LogP contribution in [-0.4, -0.2) is 40.6 Å². The van der Waals surface area contributed by atoms with Crippen LogP contribution >= 0.6 is 11.8 Å². The predicted octanol–water partition coefficient (Wildman–Crippen LogP) is 2.72. The lowest BCUT2D eigenvalue weighted by Crippen LogP contribution is -2.63. The van der Waals surface area contributed by atoms with Crippen molar-refractivity contribution in [3.8, 4) is 0 Å². The summed E-state index contributed by atoms with van der Waals surface area (Å²) in [6, 6.07) is 0. The fraction of sp³-hybridized carbons (Fsp3) is 1.00. The first-order chi connectivity index (χ1) is 7.91. The van der Waals surface area contributed by atoms with Gasteiger partial charge in [0.1, 0.15) is 0 Å². The highest BCUT2D eigenvalue weighted by Gasteiger charge is 2.52. The van der Waals surface area contributed by atoms with Crippen molar-refractivity contribution >= 4 is 11.8 Å². The molecule has 17 heavy (non-hydrogen) atoms. The maximum atomic E-state index is 6.22. The predicted molar refractivity (Wildman–Crippen MR) is 77.5 cm³/mol. The molecule has 0 bridgehead atoms. The van der Waals surface area contributed by atoms with Crippen molar-refractivity contribution < 1.29 is 0 Å². The summed E-state index contributed by atoms with van der Waals surface area (Å²) < 4.78 is 0. The Bertz CT molecular complexity index is 269. The third-order valence-corrected chi connectivity index (χ3v) is 6.24. The van der Waals surface area contributed by atoms with E-state index >= 15 is 0 Å². The van der Waals surface area contributed by atoms with Crippen LogP contribution in [0.15, 0.2) is 0 Å². The second-order valence-corrected chi connectivity index (χ2v) is 8.52. The second-order valence-electron chi connectivity index (χ2n) is 6.64. The van der Waals surface area contributed by atoms with E-state index in [1.165, 1.54) is 32.4 Å². The molecule has 0 spiro atoms. The van der Waals surface area contributed by atoms with Crippen molar-refractivity contribution in [2.24, 2.45) is 11.1 Å². The molecule has 2 nitrogen and oxygen atoms in total. The molecule has 0 radical (unpaired) electrons. The molecule has 3 unspecified atom stereocenters. The highest BCUT2D eigenvalue weighted by Crippen LogP contribution is 2.50. The third-order valence-electron chi connectivity index (χ3n) is 5.01. The van der Waals surface area contributed by atoms with Crippen LogP contribution in [0.5, 0.6) is 0 Å². The molecule has 100 valence electrons. The van der Waals surface area contributed by atoms with Gasteiger partial charge in [-0.05, 0) is 18.3 Å². The SMILES string of the molecule is CC1CN(C2(CN)CCCC2(C)C)CC(C)S1. The van der Waals surface area contributed by atoms with Crippen LogP contribution in [0.2, 0.25) is 0 Å². The van der Waals surface area contributed by atoms with Gasteiger partial charge in [0, 0.05) is 35.7 Å². The minimum absolute atomic E-state index is 0.260. The van der Waals surface area contributed by atoms with Crippen molar-refractivity contribution in [1.82, 2.24) is 4.90 Å². The van der Waals surface area contributed by atoms with Gasteiger partial charge in [-0.25, -0.2) is 0 Å². The van der Waals surface area contributed by atoms with E-state index in [1.54, 1.807) is 0 Å². The maximum absolute atomic E-state index is 6.22. The smallest absolute Gasteiger partial charge is 0.0383 e. The number of rotatable bonds is 2. The minimum Gasteiger partial charge on any atom is -0.329 e. The standard InChI is InChI=1S/C14H28N2S/c1-11-8-16(9-12(2)17-11)14(10-15)7-5-6-13(14,3)4/h11-12H,5-10,15H2,1-4H3. The fourth-order valence-corrected chi connectivity index (χ4v) is 5.34. The van der Waals surface area contributed by atoms with Gasteiger partial charge in [-0.1, -0.05) is 34.1 Å². The Hall–Kier alpha value is 0.270. The fourth-order valence-electron chi connectivity index (χ4n) is 4.01. The molecule has 1 heterocycles. The molecular formula is C14H28N2S. The average Bonchev–Trinajstić information content (AvgIpc) is 2.52. The number of hydrogen-bond acceptors (Lipinski definition) is 3. The Morgan fingerprint density at radius 1 is 1.18 bits per heavy atom. The van der Waals surface area contributed by atoms with E-state index in [0.29, 0.717) is 5.41 Å². The second kappa shape index (κ2) is 4.75. The average molecular weight is 256 g/mol.